The molecule has 1 N–H and O–H groups in total. The zero-order valence-electron chi connectivity index (χ0n) is 22.1. The Morgan fingerprint density at radius 3 is 2.13 bits per heavy atom. The number of carbonyl (C=O) groups excluding carboxylic acids is 2. The first-order valence-electron chi connectivity index (χ1n) is 11.7. The van der Waals surface area contributed by atoms with Crippen LogP contribution in [0.2, 0.25) is 0 Å². The number of carboxylic acid groups (broad SMARTS) is 1. The first kappa shape index (κ1) is 28.0. The second-order valence-corrected chi connectivity index (χ2v) is 9.41. The van der Waals surface area contributed by atoms with Crippen LogP contribution in [0, 0.1) is 0 Å². The molecular formula is C27H31N3O8. The van der Waals surface area contributed by atoms with E-state index >= 15 is 0 Å². The molecule has 1 amide bonds. The number of imidazole rings is 1. The Hall–Kier alpha value is -4.54. The smallest absolute Gasteiger partial charge is 0.417 e. The van der Waals surface area contributed by atoms with E-state index < -0.39 is 29.7 Å². The number of methoxy groups -OCH3 is 2. The molecule has 0 aliphatic rings. The number of hydrogen-bond acceptors (Lipinski definition) is 8. The Morgan fingerprint density at radius 2 is 1.61 bits per heavy atom. The predicted octanol–water partition coefficient (Wildman–Crippen LogP) is 4.64. The van der Waals surface area contributed by atoms with Gasteiger partial charge in [0.1, 0.15) is 28.7 Å². The molecule has 0 saturated heterocycles. The lowest BCUT2D eigenvalue weighted by molar-refractivity contribution is 0.0292. The number of rotatable bonds is 8. The van der Waals surface area contributed by atoms with Crippen molar-refractivity contribution in [3.63, 3.8) is 0 Å². The Morgan fingerprint density at radius 1 is 1.00 bits per heavy atom. The fourth-order valence-electron chi connectivity index (χ4n) is 3.62. The van der Waals surface area contributed by atoms with Gasteiger partial charge in [0.15, 0.2) is 0 Å². The summed E-state index contributed by atoms with van der Waals surface area (Å²) < 4.78 is 22.4. The molecule has 0 radical (unpaired) electrons. The van der Waals surface area contributed by atoms with Gasteiger partial charge in [-0.1, -0.05) is 12.1 Å². The molecule has 1 heterocycles. The van der Waals surface area contributed by atoms with Crippen molar-refractivity contribution in [2.75, 3.05) is 27.8 Å². The van der Waals surface area contributed by atoms with E-state index in [-0.39, 0.29) is 23.7 Å². The highest BCUT2D eigenvalue weighted by atomic mass is 16.6. The van der Waals surface area contributed by atoms with E-state index in [0.29, 0.717) is 17.1 Å². The number of amides is 1. The summed E-state index contributed by atoms with van der Waals surface area (Å²) in [5.41, 5.74) is 0.196. The van der Waals surface area contributed by atoms with Crippen molar-refractivity contribution in [1.29, 1.82) is 0 Å². The molecule has 3 rings (SSSR count). The molecule has 11 nitrogen and oxygen atoms in total. The molecule has 11 heteroatoms. The maximum atomic E-state index is 12.7. The number of likely N-dealkylation sites (N-methyl/N-ethyl adjacent to an activating group) is 1. The van der Waals surface area contributed by atoms with Gasteiger partial charge < -0.3 is 29.0 Å². The van der Waals surface area contributed by atoms with Gasteiger partial charge in [-0.3, -0.25) is 0 Å². The lowest BCUT2D eigenvalue weighted by Gasteiger charge is -2.27. The molecule has 202 valence electrons. The molecular weight excluding hydrogens is 494 g/mol. The van der Waals surface area contributed by atoms with Crippen molar-refractivity contribution in [3.05, 3.63) is 71.8 Å². The van der Waals surface area contributed by atoms with Gasteiger partial charge in [0.25, 0.3) is 0 Å². The van der Waals surface area contributed by atoms with E-state index in [9.17, 15) is 19.5 Å². The van der Waals surface area contributed by atoms with Crippen LogP contribution in [0.5, 0.6) is 17.2 Å². The maximum Gasteiger partial charge on any atom is 0.417 e. The lowest BCUT2D eigenvalue weighted by atomic mass is 9.97. The van der Waals surface area contributed by atoms with Crippen molar-refractivity contribution in [2.24, 2.45) is 0 Å². The van der Waals surface area contributed by atoms with Crippen LogP contribution >= 0.6 is 0 Å². The van der Waals surface area contributed by atoms with Crippen LogP contribution < -0.4 is 14.2 Å². The van der Waals surface area contributed by atoms with E-state index in [2.05, 4.69) is 4.98 Å². The highest BCUT2D eigenvalue weighted by Crippen LogP contribution is 2.28. The van der Waals surface area contributed by atoms with Crippen molar-refractivity contribution in [2.45, 2.75) is 32.3 Å². The average molecular weight is 526 g/mol. The molecule has 1 atom stereocenters. The minimum atomic E-state index is -1.21. The second kappa shape index (κ2) is 11.7. The SMILES string of the molecule is COc1cc(OC)cc(C(=O)Oc2ccc(C(CN(C)C(=O)OC(C)(C)C)c3nccn3C(=O)O)cc2)c1. The van der Waals surface area contributed by atoms with Crippen LogP contribution in [0.3, 0.4) is 0 Å². The molecule has 38 heavy (non-hydrogen) atoms. The van der Waals surface area contributed by atoms with E-state index in [1.807, 2.05) is 0 Å². The topological polar surface area (TPSA) is 129 Å². The Balaban J connectivity index is 1.86. The van der Waals surface area contributed by atoms with Gasteiger partial charge in [0, 0.05) is 32.1 Å². The van der Waals surface area contributed by atoms with Crippen LogP contribution in [0.1, 0.15) is 48.4 Å². The number of aromatic nitrogens is 2. The summed E-state index contributed by atoms with van der Waals surface area (Å²) in [5.74, 6) is 0.140. The summed E-state index contributed by atoms with van der Waals surface area (Å²) in [6.07, 6.45) is 0.941. The van der Waals surface area contributed by atoms with E-state index in [1.54, 1.807) is 58.2 Å². The summed E-state index contributed by atoms with van der Waals surface area (Å²) in [6.45, 7) is 5.36. The number of carbonyl (C=O) groups is 3. The maximum absolute atomic E-state index is 12.7. The molecule has 1 aromatic heterocycles. The predicted molar refractivity (Wildman–Crippen MR) is 137 cm³/mol. The average Bonchev–Trinajstić information content (AvgIpc) is 3.36. The summed E-state index contributed by atoms with van der Waals surface area (Å²) >= 11 is 0. The molecule has 0 fully saturated rings. The Bertz CT molecular complexity index is 1270. The third-order valence-corrected chi connectivity index (χ3v) is 5.43. The quantitative estimate of drug-likeness (QED) is 0.330. The largest absolute Gasteiger partial charge is 0.497 e. The van der Waals surface area contributed by atoms with Gasteiger partial charge in [-0.2, -0.15) is 0 Å². The highest BCUT2D eigenvalue weighted by Gasteiger charge is 2.27. The first-order valence-corrected chi connectivity index (χ1v) is 11.7. The monoisotopic (exact) mass is 525 g/mol. The minimum Gasteiger partial charge on any atom is -0.497 e. The number of ether oxygens (including phenoxy) is 4. The Labute approximate surface area is 220 Å². The third-order valence-electron chi connectivity index (χ3n) is 5.43. The second-order valence-electron chi connectivity index (χ2n) is 9.41. The van der Waals surface area contributed by atoms with Crippen LogP contribution in [0.15, 0.2) is 54.9 Å². The van der Waals surface area contributed by atoms with Crippen molar-refractivity contribution < 1.29 is 38.4 Å². The van der Waals surface area contributed by atoms with Crippen LogP contribution in [0.25, 0.3) is 0 Å². The van der Waals surface area contributed by atoms with Gasteiger partial charge in [0.05, 0.1) is 25.7 Å². The standard InChI is InChI=1S/C27H31N3O8/c1-27(2,3)38-26(34)29(4)16-22(23-28-11-12-30(23)25(32)33)17-7-9-19(10-8-17)37-24(31)18-13-20(35-5)15-21(14-18)36-6/h7-15,22H,16H2,1-6H3,(H,32,33). The summed E-state index contributed by atoms with van der Waals surface area (Å²) in [6, 6.07) is 11.2. The normalized spacial score (nSPS) is 11.8. The van der Waals surface area contributed by atoms with E-state index in [4.69, 9.17) is 18.9 Å². The van der Waals surface area contributed by atoms with Gasteiger partial charge in [-0.25, -0.2) is 23.9 Å². The summed E-state index contributed by atoms with van der Waals surface area (Å²) in [5, 5.41) is 9.62. The zero-order valence-corrected chi connectivity index (χ0v) is 22.1. The van der Waals surface area contributed by atoms with Crippen molar-refractivity contribution in [3.8, 4) is 17.2 Å². The van der Waals surface area contributed by atoms with E-state index in [1.165, 1.54) is 43.6 Å². The fraction of sp³-hybridized carbons (Fsp3) is 0.333. The summed E-state index contributed by atoms with van der Waals surface area (Å²) in [7, 11) is 4.53. The van der Waals surface area contributed by atoms with Crippen molar-refractivity contribution in [1.82, 2.24) is 14.5 Å². The van der Waals surface area contributed by atoms with Gasteiger partial charge in [-0.15, -0.1) is 0 Å². The molecule has 0 saturated carbocycles. The Kier molecular flexibility index (Phi) is 8.61. The van der Waals surface area contributed by atoms with Gasteiger partial charge in [0.2, 0.25) is 0 Å². The molecule has 0 aliphatic carbocycles. The molecule has 0 bridgehead atoms. The molecule has 1 unspecified atom stereocenters. The molecule has 2 aromatic carbocycles. The zero-order chi connectivity index (χ0) is 28.0. The van der Waals surface area contributed by atoms with Gasteiger partial charge in [-0.05, 0) is 50.6 Å². The lowest BCUT2D eigenvalue weighted by Crippen LogP contribution is -2.37. The van der Waals surface area contributed by atoms with Crippen LogP contribution in [-0.4, -0.2) is 71.1 Å². The molecule has 3 aromatic rings. The molecule has 0 spiro atoms. The van der Waals surface area contributed by atoms with Crippen molar-refractivity contribution >= 4 is 18.2 Å². The number of hydrogen-bond donors (Lipinski definition) is 1. The van der Waals surface area contributed by atoms with Crippen LogP contribution in [0.4, 0.5) is 9.59 Å². The highest BCUT2D eigenvalue weighted by molar-refractivity contribution is 5.92. The van der Waals surface area contributed by atoms with Crippen LogP contribution in [-0.2, 0) is 4.74 Å². The fourth-order valence-corrected chi connectivity index (χ4v) is 3.62. The first-order chi connectivity index (χ1) is 17.9. The van der Waals surface area contributed by atoms with E-state index in [0.717, 1.165) is 4.57 Å². The molecule has 0 aliphatic heterocycles. The summed E-state index contributed by atoms with van der Waals surface area (Å²) in [4.78, 5) is 42.7. The number of esters is 1. The third kappa shape index (κ3) is 7.02. The number of benzene rings is 2. The number of nitrogens with zero attached hydrogens (tertiary/aromatic N) is 3. The minimum absolute atomic E-state index is 0.0853. The van der Waals surface area contributed by atoms with Gasteiger partial charge >= 0.3 is 18.2 Å².